The highest BCUT2D eigenvalue weighted by Crippen LogP contribution is 2.36. The lowest BCUT2D eigenvalue weighted by molar-refractivity contribution is -0.139. The molecule has 1 atom stereocenters. The van der Waals surface area contributed by atoms with Gasteiger partial charge < -0.3 is 18.8 Å². The molecular weight excluding hydrogens is 598 g/mol. The molecule has 2 aromatic heterocycles. The largest absolute Gasteiger partial charge is 0.493 e. The quantitative estimate of drug-likeness (QED) is 0.213. The van der Waals surface area contributed by atoms with E-state index in [4.69, 9.17) is 30.8 Å². The van der Waals surface area contributed by atoms with Gasteiger partial charge in [-0.05, 0) is 55.3 Å². The molecule has 0 saturated heterocycles. The van der Waals surface area contributed by atoms with Crippen molar-refractivity contribution in [1.82, 2.24) is 9.13 Å². The van der Waals surface area contributed by atoms with Gasteiger partial charge in [-0.1, -0.05) is 65.4 Å². The number of methoxy groups -OCH3 is 2. The lowest BCUT2D eigenvalue weighted by Gasteiger charge is -2.25. The van der Waals surface area contributed by atoms with Crippen molar-refractivity contribution in [3.63, 3.8) is 0 Å². The molecule has 6 rings (SSSR count). The van der Waals surface area contributed by atoms with Crippen LogP contribution in [-0.4, -0.2) is 35.9 Å². The van der Waals surface area contributed by atoms with E-state index in [0.717, 1.165) is 22.0 Å². The Labute approximate surface area is 262 Å². The predicted octanol–water partition coefficient (Wildman–Crippen LogP) is 5.47. The Morgan fingerprint density at radius 2 is 1.80 bits per heavy atom. The molecule has 0 amide bonds. The van der Waals surface area contributed by atoms with Gasteiger partial charge >= 0.3 is 5.97 Å². The number of fused-ring (bicyclic) bond motifs is 2. The van der Waals surface area contributed by atoms with Gasteiger partial charge in [0.25, 0.3) is 5.56 Å². The number of halogens is 1. The van der Waals surface area contributed by atoms with Crippen LogP contribution in [-0.2, 0) is 16.1 Å². The number of nitrogens with zero attached hydrogens (tertiary/aromatic N) is 3. The smallest absolute Gasteiger partial charge is 0.338 e. The van der Waals surface area contributed by atoms with Crippen LogP contribution in [0.2, 0.25) is 5.02 Å². The van der Waals surface area contributed by atoms with Gasteiger partial charge in [0.15, 0.2) is 16.3 Å². The van der Waals surface area contributed by atoms with Gasteiger partial charge in [0.1, 0.15) is 0 Å². The molecule has 3 aromatic carbocycles. The van der Waals surface area contributed by atoms with Crippen molar-refractivity contribution in [1.29, 1.82) is 0 Å². The number of carbonyl (C=O) groups is 1. The van der Waals surface area contributed by atoms with E-state index in [1.807, 2.05) is 60.8 Å². The first kappa shape index (κ1) is 29.5. The van der Waals surface area contributed by atoms with Gasteiger partial charge in [-0.25, -0.2) is 9.79 Å². The van der Waals surface area contributed by atoms with E-state index < -0.39 is 12.0 Å². The van der Waals surface area contributed by atoms with Gasteiger partial charge in [0, 0.05) is 34.2 Å². The molecule has 0 bridgehead atoms. The first-order valence-corrected chi connectivity index (χ1v) is 15.3. The number of hydrogen-bond acceptors (Lipinski definition) is 7. The average molecular weight is 628 g/mol. The number of esters is 1. The van der Waals surface area contributed by atoms with Crippen molar-refractivity contribution in [2.45, 2.75) is 26.4 Å². The molecule has 44 heavy (non-hydrogen) atoms. The van der Waals surface area contributed by atoms with Gasteiger partial charge in [-0.3, -0.25) is 9.36 Å². The van der Waals surface area contributed by atoms with Crippen molar-refractivity contribution in [3.8, 4) is 11.5 Å². The normalized spacial score (nSPS) is 14.8. The van der Waals surface area contributed by atoms with E-state index in [1.165, 1.54) is 11.3 Å². The van der Waals surface area contributed by atoms with E-state index in [2.05, 4.69) is 10.6 Å². The highest BCUT2D eigenvalue weighted by Gasteiger charge is 2.34. The Kier molecular flexibility index (Phi) is 8.16. The summed E-state index contributed by atoms with van der Waals surface area (Å²) in [7, 11) is 3.10. The van der Waals surface area contributed by atoms with Crippen molar-refractivity contribution in [2.75, 3.05) is 20.8 Å². The minimum absolute atomic E-state index is 0.191. The molecule has 8 nitrogen and oxygen atoms in total. The second-order valence-corrected chi connectivity index (χ2v) is 11.7. The van der Waals surface area contributed by atoms with Crippen LogP contribution in [0.25, 0.3) is 17.0 Å². The third-order valence-electron chi connectivity index (χ3n) is 7.64. The summed E-state index contributed by atoms with van der Waals surface area (Å²) >= 11 is 7.76. The second-order valence-electron chi connectivity index (χ2n) is 10.2. The molecule has 0 aliphatic carbocycles. The van der Waals surface area contributed by atoms with Crippen LogP contribution < -0.4 is 24.4 Å². The number of rotatable bonds is 8. The van der Waals surface area contributed by atoms with Crippen LogP contribution in [0.15, 0.2) is 94.0 Å². The molecule has 3 heterocycles. The highest BCUT2D eigenvalue weighted by molar-refractivity contribution is 7.07. The third kappa shape index (κ3) is 5.22. The molecule has 1 unspecified atom stereocenters. The van der Waals surface area contributed by atoms with Crippen molar-refractivity contribution in [2.24, 2.45) is 4.99 Å². The predicted molar refractivity (Wildman–Crippen MR) is 172 cm³/mol. The Balaban J connectivity index is 1.53. The van der Waals surface area contributed by atoms with Crippen molar-refractivity contribution in [3.05, 3.63) is 126 Å². The topological polar surface area (TPSA) is 84.1 Å². The zero-order valence-corrected chi connectivity index (χ0v) is 26.2. The number of carbonyl (C=O) groups excluding carboxylic acids is 1. The van der Waals surface area contributed by atoms with Gasteiger partial charge in [-0.15, -0.1) is 0 Å². The molecular formula is C34H30ClN3O5S. The molecule has 0 fully saturated rings. The molecule has 1 aliphatic rings. The fourth-order valence-corrected chi connectivity index (χ4v) is 6.84. The summed E-state index contributed by atoms with van der Waals surface area (Å²) in [5.74, 6) is 0.497. The summed E-state index contributed by atoms with van der Waals surface area (Å²) < 4.78 is 20.6. The van der Waals surface area contributed by atoms with Crippen LogP contribution in [0.4, 0.5) is 0 Å². The van der Waals surface area contributed by atoms with E-state index in [1.54, 1.807) is 44.8 Å². The van der Waals surface area contributed by atoms with E-state index in [9.17, 15) is 9.59 Å². The third-order valence-corrected chi connectivity index (χ3v) is 9.00. The van der Waals surface area contributed by atoms with Gasteiger partial charge in [0.2, 0.25) is 0 Å². The second kappa shape index (κ2) is 12.2. The summed E-state index contributed by atoms with van der Waals surface area (Å²) in [6, 6.07) is 20.4. The maximum atomic E-state index is 14.2. The molecule has 5 aromatic rings. The number of allylic oxidation sites excluding steroid dienone is 1. The Morgan fingerprint density at radius 1 is 1.05 bits per heavy atom. The van der Waals surface area contributed by atoms with E-state index in [0.29, 0.717) is 49.2 Å². The summed E-state index contributed by atoms with van der Waals surface area (Å²) in [5.41, 5.74) is 4.12. The van der Waals surface area contributed by atoms with Crippen molar-refractivity contribution < 1.29 is 19.0 Å². The first-order chi connectivity index (χ1) is 21.3. The maximum Gasteiger partial charge on any atom is 0.338 e. The van der Waals surface area contributed by atoms with Crippen LogP contribution in [0.3, 0.4) is 0 Å². The van der Waals surface area contributed by atoms with Gasteiger partial charge in [-0.2, -0.15) is 0 Å². The van der Waals surface area contributed by atoms with Crippen LogP contribution in [0.5, 0.6) is 11.5 Å². The number of hydrogen-bond donors (Lipinski definition) is 0. The lowest BCUT2D eigenvalue weighted by atomic mass is 9.95. The zero-order valence-electron chi connectivity index (χ0n) is 24.7. The molecule has 0 saturated carbocycles. The fourth-order valence-electron chi connectivity index (χ4n) is 5.60. The fraction of sp³-hybridized carbons (Fsp3) is 0.206. The lowest BCUT2D eigenvalue weighted by Crippen LogP contribution is -2.39. The first-order valence-electron chi connectivity index (χ1n) is 14.1. The molecule has 224 valence electrons. The highest BCUT2D eigenvalue weighted by atomic mass is 35.5. The number of thiazole rings is 1. The monoisotopic (exact) mass is 627 g/mol. The molecule has 0 spiro atoms. The Morgan fingerprint density at radius 3 is 2.55 bits per heavy atom. The molecule has 0 radical (unpaired) electrons. The van der Waals surface area contributed by atoms with E-state index in [-0.39, 0.29) is 12.2 Å². The van der Waals surface area contributed by atoms with Gasteiger partial charge in [0.05, 0.1) is 42.7 Å². The number of ether oxygens (including phenoxy) is 3. The zero-order chi connectivity index (χ0) is 31.0. The van der Waals surface area contributed by atoms with Crippen molar-refractivity contribution >= 4 is 45.9 Å². The molecule has 1 aliphatic heterocycles. The van der Waals surface area contributed by atoms with Crippen LogP contribution in [0.1, 0.15) is 36.6 Å². The molecule has 10 heteroatoms. The summed E-state index contributed by atoms with van der Waals surface area (Å²) in [6.07, 6.45) is 3.93. The number of para-hydroxylation sites is 1. The Hall–Kier alpha value is -4.60. The molecule has 0 N–H and O–H groups in total. The van der Waals surface area contributed by atoms with Crippen LogP contribution >= 0.6 is 22.9 Å². The standard InChI is InChI=1S/C34H30ClN3O5S/c1-5-43-33(40)30-20(2)36-34-38(31(30)21-14-15-27(41-3)28(16-21)42-4)32(39)29(44-34)17-23-19-37(26-13-9-7-11-24(23)26)18-22-10-6-8-12-25(22)35/h6-17,19,31H,5,18H2,1-4H3/b29-17+. The SMILES string of the molecule is CCOC(=O)C1=C(C)N=c2s/c(=C/c3cn(Cc4ccccc4Cl)c4ccccc34)c(=O)n2C1c1ccc(OC)c(OC)c1. The summed E-state index contributed by atoms with van der Waals surface area (Å²) in [6.45, 7) is 4.28. The minimum Gasteiger partial charge on any atom is -0.493 e. The summed E-state index contributed by atoms with van der Waals surface area (Å²) in [5, 5.41) is 1.70. The average Bonchev–Trinajstić information content (AvgIpc) is 3.53. The van der Waals surface area contributed by atoms with E-state index >= 15 is 0 Å². The summed E-state index contributed by atoms with van der Waals surface area (Å²) in [4.78, 5) is 32.7. The minimum atomic E-state index is -0.770. The Bertz CT molecular complexity index is 2120. The number of benzene rings is 3. The number of aromatic nitrogens is 2. The van der Waals surface area contributed by atoms with Crippen LogP contribution in [0, 0.1) is 0 Å². The maximum absolute atomic E-state index is 14.2.